The molecular weight excluding hydrogens is 433 g/mol. The van der Waals surface area contributed by atoms with Crippen molar-refractivity contribution in [1.82, 2.24) is 9.38 Å². The van der Waals surface area contributed by atoms with Gasteiger partial charge < -0.3 is 10.1 Å². The maximum atomic E-state index is 14.0. The van der Waals surface area contributed by atoms with Gasteiger partial charge in [-0.15, -0.1) is 11.3 Å². The summed E-state index contributed by atoms with van der Waals surface area (Å²) in [5.41, 5.74) is 2.12. The summed E-state index contributed by atoms with van der Waals surface area (Å²) in [6.45, 7) is 0. The van der Waals surface area contributed by atoms with Crippen molar-refractivity contribution in [3.8, 4) is 17.0 Å². The lowest BCUT2D eigenvalue weighted by molar-refractivity contribution is 0.102. The van der Waals surface area contributed by atoms with E-state index in [-0.39, 0.29) is 5.69 Å². The Bertz CT molecular complexity index is 1160. The first-order chi connectivity index (χ1) is 13.0. The van der Waals surface area contributed by atoms with Gasteiger partial charge in [0.25, 0.3) is 5.91 Å². The van der Waals surface area contributed by atoms with Crippen LogP contribution < -0.4 is 10.1 Å². The Kier molecular flexibility index (Phi) is 4.67. The lowest BCUT2D eigenvalue weighted by atomic mass is 10.1. The van der Waals surface area contributed by atoms with Crippen LogP contribution in [0, 0.1) is 5.82 Å². The van der Waals surface area contributed by atoms with Gasteiger partial charge in [-0.3, -0.25) is 9.20 Å². The first-order valence-electron chi connectivity index (χ1n) is 7.92. The highest BCUT2D eigenvalue weighted by atomic mass is 79.9. The minimum atomic E-state index is -0.508. The van der Waals surface area contributed by atoms with E-state index >= 15 is 0 Å². The molecule has 2 aromatic heterocycles. The highest BCUT2D eigenvalue weighted by Crippen LogP contribution is 2.27. The number of methoxy groups -OCH3 is 1. The number of hydrogen-bond acceptors (Lipinski definition) is 4. The van der Waals surface area contributed by atoms with Crippen molar-refractivity contribution in [3.63, 3.8) is 0 Å². The van der Waals surface area contributed by atoms with E-state index in [1.165, 1.54) is 23.5 Å². The summed E-state index contributed by atoms with van der Waals surface area (Å²) >= 11 is 4.54. The van der Waals surface area contributed by atoms with Crippen molar-refractivity contribution >= 4 is 43.8 Å². The first kappa shape index (κ1) is 17.7. The third kappa shape index (κ3) is 3.45. The highest BCUT2D eigenvalue weighted by molar-refractivity contribution is 9.10. The number of carbonyl (C=O) groups excluding carboxylic acids is 1. The van der Waals surface area contributed by atoms with E-state index in [9.17, 15) is 9.18 Å². The first-order valence-corrected chi connectivity index (χ1v) is 9.60. The largest absolute Gasteiger partial charge is 0.497 e. The van der Waals surface area contributed by atoms with Crippen molar-refractivity contribution in [2.75, 3.05) is 12.4 Å². The van der Waals surface area contributed by atoms with Gasteiger partial charge in [-0.2, -0.15) is 0 Å². The SMILES string of the molecule is COc1cccc(-c2cn3c(C(=O)Nc4ccc(Br)cc4F)csc3n2)c1. The summed E-state index contributed by atoms with van der Waals surface area (Å²) in [5.74, 6) is -0.184. The smallest absolute Gasteiger partial charge is 0.273 e. The second-order valence-electron chi connectivity index (χ2n) is 5.71. The van der Waals surface area contributed by atoms with Crippen molar-refractivity contribution in [3.05, 3.63) is 70.0 Å². The number of amides is 1. The molecule has 0 spiro atoms. The van der Waals surface area contributed by atoms with Crippen LogP contribution in [0.3, 0.4) is 0 Å². The average molecular weight is 446 g/mol. The fourth-order valence-corrected chi connectivity index (χ4v) is 3.83. The Morgan fingerprint density at radius 3 is 2.93 bits per heavy atom. The van der Waals surface area contributed by atoms with Crippen LogP contribution in [-0.4, -0.2) is 22.4 Å². The van der Waals surface area contributed by atoms with Crippen LogP contribution in [0.15, 0.2) is 58.5 Å². The molecule has 0 atom stereocenters. The molecule has 1 amide bonds. The van der Waals surface area contributed by atoms with E-state index in [0.717, 1.165) is 17.0 Å². The summed E-state index contributed by atoms with van der Waals surface area (Å²) in [5, 5.41) is 4.30. The molecule has 0 aliphatic rings. The number of imidazole rings is 1. The third-order valence-corrected chi connectivity index (χ3v) is 5.32. The fraction of sp³-hybridized carbons (Fsp3) is 0.0526. The third-order valence-electron chi connectivity index (χ3n) is 3.99. The second-order valence-corrected chi connectivity index (χ2v) is 7.46. The number of nitrogens with zero attached hydrogens (tertiary/aromatic N) is 2. The van der Waals surface area contributed by atoms with Crippen molar-refractivity contribution in [1.29, 1.82) is 0 Å². The predicted molar refractivity (Wildman–Crippen MR) is 107 cm³/mol. The zero-order valence-electron chi connectivity index (χ0n) is 14.1. The molecule has 0 fully saturated rings. The van der Waals surface area contributed by atoms with Gasteiger partial charge in [0, 0.05) is 21.6 Å². The molecule has 2 aromatic carbocycles. The molecule has 0 aliphatic carbocycles. The van der Waals surface area contributed by atoms with Gasteiger partial charge >= 0.3 is 0 Å². The number of anilines is 1. The standard InChI is InChI=1S/C19H13BrFN3O2S/c1-26-13-4-2-3-11(7-13)16-9-24-17(10-27-19(24)23-16)18(25)22-15-6-5-12(20)8-14(15)21/h2-10H,1H3,(H,22,25). The molecular formula is C19H13BrFN3O2S. The zero-order valence-corrected chi connectivity index (χ0v) is 16.5. The maximum Gasteiger partial charge on any atom is 0.273 e. The van der Waals surface area contributed by atoms with Crippen molar-refractivity contribution in [2.24, 2.45) is 0 Å². The molecule has 0 aliphatic heterocycles. The normalized spacial score (nSPS) is 10.9. The number of halogens is 2. The van der Waals surface area contributed by atoms with E-state index < -0.39 is 11.7 Å². The molecule has 0 bridgehead atoms. The zero-order chi connectivity index (χ0) is 19.0. The summed E-state index contributed by atoms with van der Waals surface area (Å²) in [4.78, 5) is 17.9. The Morgan fingerprint density at radius 1 is 1.30 bits per heavy atom. The molecule has 0 radical (unpaired) electrons. The van der Waals surface area contributed by atoms with Gasteiger partial charge in [0.15, 0.2) is 4.96 Å². The summed E-state index contributed by atoms with van der Waals surface area (Å²) in [7, 11) is 1.61. The number of rotatable bonds is 4. The molecule has 2 heterocycles. The topological polar surface area (TPSA) is 55.6 Å². The summed E-state index contributed by atoms with van der Waals surface area (Å²) < 4.78 is 21.5. The maximum absolute atomic E-state index is 14.0. The Morgan fingerprint density at radius 2 is 2.15 bits per heavy atom. The molecule has 0 saturated carbocycles. The number of nitrogens with one attached hydrogen (secondary N) is 1. The van der Waals surface area contributed by atoms with Crippen LogP contribution in [0.4, 0.5) is 10.1 Å². The number of ether oxygens (including phenoxy) is 1. The van der Waals surface area contributed by atoms with Gasteiger partial charge in [-0.25, -0.2) is 9.37 Å². The Balaban J connectivity index is 1.66. The monoisotopic (exact) mass is 445 g/mol. The predicted octanol–water partition coefficient (Wildman–Crippen LogP) is 5.23. The molecule has 27 heavy (non-hydrogen) atoms. The van der Waals surface area contributed by atoms with E-state index in [1.54, 1.807) is 29.2 Å². The summed E-state index contributed by atoms with van der Waals surface area (Å²) in [6, 6.07) is 12.0. The molecule has 5 nitrogen and oxygen atoms in total. The molecule has 4 aromatic rings. The second kappa shape index (κ2) is 7.13. The van der Waals surface area contributed by atoms with Crippen molar-refractivity contribution < 1.29 is 13.9 Å². The van der Waals surface area contributed by atoms with Crippen LogP contribution in [0.25, 0.3) is 16.2 Å². The van der Waals surface area contributed by atoms with Crippen LogP contribution >= 0.6 is 27.3 Å². The molecule has 136 valence electrons. The van der Waals surface area contributed by atoms with Gasteiger partial charge in [0.1, 0.15) is 17.3 Å². The van der Waals surface area contributed by atoms with Gasteiger partial charge in [0.05, 0.1) is 18.5 Å². The van der Waals surface area contributed by atoms with Crippen LogP contribution in [0.1, 0.15) is 10.5 Å². The number of benzene rings is 2. The summed E-state index contributed by atoms with van der Waals surface area (Å²) in [6.07, 6.45) is 1.79. The number of thiazole rings is 1. The lowest BCUT2D eigenvalue weighted by Crippen LogP contribution is -2.14. The van der Waals surface area contributed by atoms with Crippen molar-refractivity contribution in [2.45, 2.75) is 0 Å². The molecule has 8 heteroatoms. The van der Waals surface area contributed by atoms with E-state index in [0.29, 0.717) is 15.1 Å². The number of carbonyl (C=O) groups is 1. The Labute approximate surface area is 166 Å². The molecule has 0 unspecified atom stereocenters. The average Bonchev–Trinajstić information content (AvgIpc) is 3.24. The lowest BCUT2D eigenvalue weighted by Gasteiger charge is -2.06. The molecule has 1 N–H and O–H groups in total. The van der Waals surface area contributed by atoms with E-state index in [2.05, 4.69) is 26.2 Å². The van der Waals surface area contributed by atoms with Crippen LogP contribution in [0.2, 0.25) is 0 Å². The molecule has 0 saturated heterocycles. The van der Waals surface area contributed by atoms with Crippen LogP contribution in [-0.2, 0) is 0 Å². The number of hydrogen-bond donors (Lipinski definition) is 1. The van der Waals surface area contributed by atoms with E-state index in [1.807, 2.05) is 24.3 Å². The number of aromatic nitrogens is 2. The van der Waals surface area contributed by atoms with Gasteiger partial charge in [-0.05, 0) is 30.3 Å². The van der Waals surface area contributed by atoms with E-state index in [4.69, 9.17) is 4.74 Å². The molecule has 4 rings (SSSR count). The minimum Gasteiger partial charge on any atom is -0.497 e. The number of fused-ring (bicyclic) bond motifs is 1. The van der Waals surface area contributed by atoms with Gasteiger partial charge in [-0.1, -0.05) is 28.1 Å². The fourth-order valence-electron chi connectivity index (χ4n) is 2.65. The van der Waals surface area contributed by atoms with Crippen LogP contribution in [0.5, 0.6) is 5.75 Å². The minimum absolute atomic E-state index is 0.121. The Hall–Kier alpha value is -2.71. The highest BCUT2D eigenvalue weighted by Gasteiger charge is 2.17. The quantitative estimate of drug-likeness (QED) is 0.468. The van der Waals surface area contributed by atoms with Gasteiger partial charge in [0.2, 0.25) is 0 Å².